The van der Waals surface area contributed by atoms with Crippen LogP contribution in [0.2, 0.25) is 0 Å². The van der Waals surface area contributed by atoms with E-state index < -0.39 is 79.4 Å². The first-order valence-electron chi connectivity index (χ1n) is 20.8. The molecule has 13 heteroatoms. The number of aliphatic hydroxyl groups excluding tert-OH is 4. The summed E-state index contributed by atoms with van der Waals surface area (Å²) in [4.78, 5) is 11.9. The van der Waals surface area contributed by atoms with Crippen molar-refractivity contribution in [2.45, 2.75) is 197 Å². The van der Waals surface area contributed by atoms with Crippen LogP contribution in [0.25, 0.3) is 0 Å². The summed E-state index contributed by atoms with van der Waals surface area (Å²) in [6.45, 7) is 10.4. The lowest BCUT2D eigenvalue weighted by atomic mass is 9.43. The molecule has 4 aliphatic heterocycles. The molecule has 8 rings (SSSR count). The van der Waals surface area contributed by atoms with E-state index in [0.717, 1.165) is 63.4 Å². The highest BCUT2D eigenvalue weighted by Gasteiger charge is 2.68. The van der Waals surface area contributed by atoms with Crippen LogP contribution >= 0.6 is 0 Å². The van der Waals surface area contributed by atoms with Gasteiger partial charge < -0.3 is 58.7 Å². The molecule has 0 spiro atoms. The van der Waals surface area contributed by atoms with Crippen molar-refractivity contribution < 1.29 is 63.5 Å². The first-order valence-corrected chi connectivity index (χ1v) is 20.8. The Labute approximate surface area is 319 Å². The topological polar surface area (TPSA) is 183 Å². The Balaban J connectivity index is 0.826. The standard InChI is InChI=1S/C41H64O13/c1-20-36(46)29(42)16-34(49-20)53-38-22(3)51-35(18-31(38)44)54-37-21(2)50-33(17-30(37)43)52-25-8-11-39(4)24(15-25)6-7-28-27(39)9-12-40(5)26(10-13-41(28,40)47)23-14-32(45)48-19-23/h14,20-22,24-31,33-38,42-44,46-47H,6-13,15-19H2,1-5H3/t20-,21+,22-,24-,25+,26-,27?,28?,29+,30+,31+,33+,34?,35?,36-,37+,38-,39+,40-,41+/m1/s1. The number of ether oxygens (including phenoxy) is 7. The molecule has 5 N–H and O–H groups in total. The van der Waals surface area contributed by atoms with Crippen molar-refractivity contribution >= 4 is 5.97 Å². The molecule has 4 unspecified atom stereocenters. The summed E-state index contributed by atoms with van der Waals surface area (Å²) in [5.41, 5.74) is 0.215. The predicted octanol–water partition coefficient (Wildman–Crippen LogP) is 3.25. The van der Waals surface area contributed by atoms with Crippen LogP contribution < -0.4 is 0 Å². The summed E-state index contributed by atoms with van der Waals surface area (Å²) in [7, 11) is 0. The molecule has 20 atom stereocenters. The van der Waals surface area contributed by atoms with Crippen LogP contribution in [0.4, 0.5) is 0 Å². The molecule has 8 aliphatic rings. The van der Waals surface area contributed by atoms with Crippen LogP contribution in [0.5, 0.6) is 0 Å². The molecular weight excluding hydrogens is 700 g/mol. The lowest BCUT2D eigenvalue weighted by Gasteiger charge is -2.64. The molecule has 0 bridgehead atoms. The van der Waals surface area contributed by atoms with Crippen molar-refractivity contribution in [1.29, 1.82) is 0 Å². The second kappa shape index (κ2) is 14.9. The third kappa shape index (κ3) is 6.82. The van der Waals surface area contributed by atoms with E-state index in [1.165, 1.54) is 0 Å². The van der Waals surface area contributed by atoms with Gasteiger partial charge in [-0.3, -0.25) is 0 Å². The van der Waals surface area contributed by atoms with Crippen LogP contribution in [0.3, 0.4) is 0 Å². The van der Waals surface area contributed by atoms with Crippen LogP contribution in [0.15, 0.2) is 11.6 Å². The molecular formula is C41H64O13. The van der Waals surface area contributed by atoms with Gasteiger partial charge in [-0.05, 0) is 113 Å². The summed E-state index contributed by atoms with van der Waals surface area (Å²) in [5.74, 6) is 1.13. The number of rotatable bonds is 7. The van der Waals surface area contributed by atoms with Crippen molar-refractivity contribution in [3.8, 4) is 0 Å². The number of aliphatic hydroxyl groups is 5. The van der Waals surface area contributed by atoms with Gasteiger partial charge in [0.2, 0.25) is 0 Å². The van der Waals surface area contributed by atoms with Crippen LogP contribution in [0, 0.1) is 34.5 Å². The number of esters is 1. The zero-order valence-electron chi connectivity index (χ0n) is 32.6. The number of carbonyl (C=O) groups is 1. The van der Waals surface area contributed by atoms with Crippen molar-refractivity contribution in [1.82, 2.24) is 0 Å². The van der Waals surface area contributed by atoms with Crippen molar-refractivity contribution in [2.75, 3.05) is 6.61 Å². The highest BCUT2D eigenvalue weighted by Crippen LogP contribution is 2.70. The lowest BCUT2D eigenvalue weighted by molar-refractivity contribution is -0.336. The minimum atomic E-state index is -0.996. The number of fused-ring (bicyclic) bond motifs is 5. The minimum Gasteiger partial charge on any atom is -0.458 e. The van der Waals surface area contributed by atoms with Crippen molar-refractivity contribution in [3.05, 3.63) is 11.6 Å². The normalized spacial score (nSPS) is 55.0. The average molecular weight is 765 g/mol. The number of cyclic esters (lactones) is 1. The van der Waals surface area contributed by atoms with Gasteiger partial charge in [-0.1, -0.05) is 13.8 Å². The monoisotopic (exact) mass is 764 g/mol. The zero-order chi connectivity index (χ0) is 38.3. The fourth-order valence-electron chi connectivity index (χ4n) is 12.8. The maximum absolute atomic E-state index is 12.6. The summed E-state index contributed by atoms with van der Waals surface area (Å²) >= 11 is 0. The molecule has 4 heterocycles. The van der Waals surface area contributed by atoms with E-state index in [0.29, 0.717) is 18.4 Å². The van der Waals surface area contributed by atoms with Gasteiger partial charge in [0.15, 0.2) is 18.9 Å². The van der Waals surface area contributed by atoms with E-state index in [4.69, 9.17) is 33.2 Å². The minimum absolute atomic E-state index is 0.0243. The second-order valence-corrected chi connectivity index (χ2v) is 18.7. The smallest absolute Gasteiger partial charge is 0.331 e. The molecule has 0 aromatic rings. The van der Waals surface area contributed by atoms with Gasteiger partial charge in [-0.15, -0.1) is 0 Å². The molecule has 0 radical (unpaired) electrons. The summed E-state index contributed by atoms with van der Waals surface area (Å²) in [6, 6.07) is 0. The number of hydrogen-bond donors (Lipinski definition) is 5. The molecule has 0 amide bonds. The van der Waals surface area contributed by atoms with Gasteiger partial charge in [-0.2, -0.15) is 0 Å². The van der Waals surface area contributed by atoms with Crippen LogP contribution in [0.1, 0.15) is 112 Å². The molecule has 4 aliphatic carbocycles. The number of hydrogen-bond acceptors (Lipinski definition) is 13. The molecule has 306 valence electrons. The third-order valence-corrected chi connectivity index (χ3v) is 15.9. The van der Waals surface area contributed by atoms with Gasteiger partial charge in [0.25, 0.3) is 0 Å². The fraction of sp³-hybridized carbons (Fsp3) is 0.927. The van der Waals surface area contributed by atoms with E-state index in [1.54, 1.807) is 19.9 Å². The fourth-order valence-corrected chi connectivity index (χ4v) is 12.8. The first-order chi connectivity index (χ1) is 25.6. The summed E-state index contributed by atoms with van der Waals surface area (Å²) < 4.78 is 42.2. The predicted molar refractivity (Wildman–Crippen MR) is 191 cm³/mol. The summed E-state index contributed by atoms with van der Waals surface area (Å²) in [5, 5.41) is 55.0. The van der Waals surface area contributed by atoms with E-state index in [1.807, 2.05) is 6.92 Å². The highest BCUT2D eigenvalue weighted by atomic mass is 16.7. The first kappa shape index (κ1) is 39.6. The van der Waals surface area contributed by atoms with Gasteiger partial charge in [0.05, 0.1) is 48.3 Å². The van der Waals surface area contributed by atoms with Crippen LogP contribution in [-0.2, 0) is 38.0 Å². The molecule has 3 saturated heterocycles. The third-order valence-electron chi connectivity index (χ3n) is 15.9. The van der Waals surface area contributed by atoms with E-state index in [2.05, 4.69) is 13.8 Å². The van der Waals surface area contributed by atoms with E-state index in [-0.39, 0.29) is 54.0 Å². The van der Waals surface area contributed by atoms with E-state index >= 15 is 0 Å². The Bertz CT molecular complexity index is 1370. The Kier molecular flexibility index (Phi) is 10.9. The average Bonchev–Trinajstić information content (AvgIpc) is 3.66. The summed E-state index contributed by atoms with van der Waals surface area (Å²) in [6.07, 6.45) is 1.90. The molecule has 13 nitrogen and oxygen atoms in total. The molecule has 0 aromatic carbocycles. The van der Waals surface area contributed by atoms with Gasteiger partial charge in [0.1, 0.15) is 24.9 Å². The Morgan fingerprint density at radius 1 is 0.685 bits per heavy atom. The highest BCUT2D eigenvalue weighted by molar-refractivity contribution is 5.85. The molecule has 7 fully saturated rings. The maximum Gasteiger partial charge on any atom is 0.331 e. The molecule has 4 saturated carbocycles. The molecule has 0 aromatic heterocycles. The maximum atomic E-state index is 12.6. The molecule has 54 heavy (non-hydrogen) atoms. The Morgan fingerprint density at radius 2 is 1.30 bits per heavy atom. The largest absolute Gasteiger partial charge is 0.458 e. The quantitative estimate of drug-likeness (QED) is 0.188. The SMILES string of the molecule is C[C@@H]1O[C@@H](O[C@H]2CC[C@]3(C)C4CC[C@]5(C)[C@@H](C6=CC(=O)OC6)CC[C@]5(O)C4CC[C@@H]3C2)C[C@H](O)[C@H]1OC1C[C@H](O)[C@H](OC2C[C@H](O)[C@H](O)[C@@H](C)O2)[C@@H](C)O1. The Hall–Kier alpha value is -1.23. The van der Waals surface area contributed by atoms with E-state index in [9.17, 15) is 30.3 Å². The Morgan fingerprint density at radius 3 is 1.89 bits per heavy atom. The van der Waals surface area contributed by atoms with Gasteiger partial charge in [0, 0.05) is 30.8 Å². The van der Waals surface area contributed by atoms with Crippen molar-refractivity contribution in [2.24, 2.45) is 34.5 Å². The van der Waals surface area contributed by atoms with Gasteiger partial charge >= 0.3 is 5.97 Å². The van der Waals surface area contributed by atoms with Gasteiger partial charge in [-0.25, -0.2) is 4.79 Å². The lowest BCUT2D eigenvalue weighted by Crippen LogP contribution is -2.62. The van der Waals surface area contributed by atoms with Crippen molar-refractivity contribution in [3.63, 3.8) is 0 Å². The zero-order valence-corrected chi connectivity index (χ0v) is 32.6. The second-order valence-electron chi connectivity index (χ2n) is 18.7. The number of carbonyl (C=O) groups excluding carboxylic acids is 1. The van der Waals surface area contributed by atoms with Crippen LogP contribution in [-0.4, -0.2) is 124 Å².